The standard InChI is InChI=1S/C18H27NO3/c20-15(19-18(16(21)22)3-1-2-4-18)11-17-8-12-5-13(9-17)7-14(6-12)10-17/h12-14H,1-11H2,(H,19,20)(H,21,22). The summed E-state index contributed by atoms with van der Waals surface area (Å²) in [5.41, 5.74) is -0.781. The van der Waals surface area contributed by atoms with Crippen LogP contribution in [0.1, 0.15) is 70.6 Å². The highest BCUT2D eigenvalue weighted by atomic mass is 16.4. The van der Waals surface area contributed by atoms with Crippen molar-refractivity contribution >= 4 is 11.9 Å². The van der Waals surface area contributed by atoms with Crippen LogP contribution in [0.25, 0.3) is 0 Å². The van der Waals surface area contributed by atoms with E-state index in [9.17, 15) is 14.7 Å². The quantitative estimate of drug-likeness (QED) is 0.838. The first-order chi connectivity index (χ1) is 10.5. The topological polar surface area (TPSA) is 66.4 Å². The fraction of sp³-hybridized carbons (Fsp3) is 0.889. The molecule has 0 radical (unpaired) electrons. The molecule has 0 heterocycles. The number of nitrogens with one attached hydrogen (secondary N) is 1. The second-order valence-corrected chi connectivity index (χ2v) is 8.74. The zero-order valence-corrected chi connectivity index (χ0v) is 13.3. The number of hydrogen-bond acceptors (Lipinski definition) is 2. The van der Waals surface area contributed by atoms with Crippen molar-refractivity contribution < 1.29 is 14.7 Å². The molecular weight excluding hydrogens is 278 g/mol. The van der Waals surface area contributed by atoms with E-state index in [0.29, 0.717) is 19.3 Å². The molecule has 0 aliphatic heterocycles. The average molecular weight is 305 g/mol. The van der Waals surface area contributed by atoms with Crippen molar-refractivity contribution in [2.24, 2.45) is 23.2 Å². The molecule has 2 N–H and O–H groups in total. The molecule has 0 spiro atoms. The van der Waals surface area contributed by atoms with E-state index < -0.39 is 11.5 Å². The first-order valence-corrected chi connectivity index (χ1v) is 9.03. The molecule has 4 heteroatoms. The Hall–Kier alpha value is -1.06. The lowest BCUT2D eigenvalue weighted by molar-refractivity contribution is -0.148. The maximum absolute atomic E-state index is 12.6. The maximum Gasteiger partial charge on any atom is 0.329 e. The normalized spacial score (nSPS) is 41.5. The zero-order valence-electron chi connectivity index (χ0n) is 13.3. The predicted molar refractivity (Wildman–Crippen MR) is 82.2 cm³/mol. The second-order valence-electron chi connectivity index (χ2n) is 8.74. The van der Waals surface area contributed by atoms with Crippen LogP contribution in [0.5, 0.6) is 0 Å². The number of hydrogen-bond donors (Lipinski definition) is 2. The monoisotopic (exact) mass is 305 g/mol. The Kier molecular flexibility index (Phi) is 3.28. The molecule has 4 nitrogen and oxygen atoms in total. The predicted octanol–water partition coefficient (Wildman–Crippen LogP) is 3.11. The lowest BCUT2D eigenvalue weighted by Crippen LogP contribution is -2.55. The van der Waals surface area contributed by atoms with Crippen molar-refractivity contribution in [3.8, 4) is 0 Å². The second kappa shape index (κ2) is 4.97. The highest BCUT2D eigenvalue weighted by Crippen LogP contribution is 2.61. The van der Waals surface area contributed by atoms with E-state index in [2.05, 4.69) is 5.32 Å². The Morgan fingerprint density at radius 2 is 1.45 bits per heavy atom. The van der Waals surface area contributed by atoms with Gasteiger partial charge in [0.2, 0.25) is 5.91 Å². The van der Waals surface area contributed by atoms with Crippen LogP contribution in [0, 0.1) is 23.2 Å². The summed E-state index contributed by atoms with van der Waals surface area (Å²) >= 11 is 0. The van der Waals surface area contributed by atoms with Crippen LogP contribution in [-0.4, -0.2) is 22.5 Å². The van der Waals surface area contributed by atoms with Gasteiger partial charge >= 0.3 is 5.97 Å². The smallest absolute Gasteiger partial charge is 0.329 e. The van der Waals surface area contributed by atoms with Crippen LogP contribution < -0.4 is 5.32 Å². The molecule has 0 aromatic carbocycles. The highest BCUT2D eigenvalue weighted by Gasteiger charge is 2.52. The van der Waals surface area contributed by atoms with Gasteiger partial charge in [0.05, 0.1) is 0 Å². The Morgan fingerprint density at radius 3 is 1.91 bits per heavy atom. The Labute approximate surface area is 132 Å². The summed E-state index contributed by atoms with van der Waals surface area (Å²) in [4.78, 5) is 24.2. The molecular formula is C18H27NO3. The highest BCUT2D eigenvalue weighted by molar-refractivity contribution is 5.87. The van der Waals surface area contributed by atoms with Crippen molar-refractivity contribution in [3.63, 3.8) is 0 Å². The van der Waals surface area contributed by atoms with Gasteiger partial charge in [0.1, 0.15) is 5.54 Å². The number of amides is 1. The zero-order chi connectivity index (χ0) is 15.4. The lowest BCUT2D eigenvalue weighted by atomic mass is 9.49. The van der Waals surface area contributed by atoms with Crippen molar-refractivity contribution in [1.29, 1.82) is 0 Å². The first-order valence-electron chi connectivity index (χ1n) is 9.03. The Balaban J connectivity index is 1.45. The van der Waals surface area contributed by atoms with Crippen LogP contribution in [0.3, 0.4) is 0 Å². The lowest BCUT2D eigenvalue weighted by Gasteiger charge is -2.56. The van der Waals surface area contributed by atoms with Crippen LogP contribution in [-0.2, 0) is 9.59 Å². The number of carbonyl (C=O) groups excluding carboxylic acids is 1. The molecule has 5 saturated carbocycles. The van der Waals surface area contributed by atoms with E-state index in [0.717, 1.165) is 30.6 Å². The van der Waals surface area contributed by atoms with Gasteiger partial charge in [-0.25, -0.2) is 4.79 Å². The van der Waals surface area contributed by atoms with Crippen molar-refractivity contribution in [2.75, 3.05) is 0 Å². The molecule has 5 fully saturated rings. The third kappa shape index (κ3) is 2.35. The van der Waals surface area contributed by atoms with Gasteiger partial charge in [0.25, 0.3) is 0 Å². The largest absolute Gasteiger partial charge is 0.480 e. The van der Waals surface area contributed by atoms with Crippen LogP contribution in [0.15, 0.2) is 0 Å². The summed E-state index contributed by atoms with van der Waals surface area (Å²) in [7, 11) is 0. The SMILES string of the molecule is O=C(CC12CC3CC(CC(C3)C1)C2)NC1(C(=O)O)CCCC1. The van der Waals surface area contributed by atoms with Crippen LogP contribution in [0.2, 0.25) is 0 Å². The minimum absolute atomic E-state index is 0.00810. The Bertz CT molecular complexity index is 457. The molecule has 5 rings (SSSR count). The molecule has 0 saturated heterocycles. The minimum atomic E-state index is -0.973. The summed E-state index contributed by atoms with van der Waals surface area (Å²) in [6.07, 6.45) is 11.3. The van der Waals surface area contributed by atoms with Gasteiger partial charge in [-0.3, -0.25) is 4.79 Å². The first kappa shape index (κ1) is 14.5. The summed E-state index contributed by atoms with van der Waals surface area (Å²) in [6, 6.07) is 0. The number of carboxylic acid groups (broad SMARTS) is 1. The van der Waals surface area contributed by atoms with E-state index in [1.54, 1.807) is 0 Å². The fourth-order valence-electron chi connectivity index (χ4n) is 6.53. The maximum atomic E-state index is 12.6. The number of rotatable bonds is 4. The molecule has 1 amide bonds. The van der Waals surface area contributed by atoms with Gasteiger partial charge in [0, 0.05) is 6.42 Å². The van der Waals surface area contributed by atoms with E-state index >= 15 is 0 Å². The number of aliphatic carboxylic acids is 1. The molecule has 0 aromatic rings. The minimum Gasteiger partial charge on any atom is -0.480 e. The molecule has 22 heavy (non-hydrogen) atoms. The molecule has 0 aromatic heterocycles. The van der Waals surface area contributed by atoms with Gasteiger partial charge in [-0.15, -0.1) is 0 Å². The van der Waals surface area contributed by atoms with Gasteiger partial charge in [-0.2, -0.15) is 0 Å². The van der Waals surface area contributed by atoms with Crippen molar-refractivity contribution in [1.82, 2.24) is 5.32 Å². The molecule has 0 atom stereocenters. The van der Waals surface area contributed by atoms with Gasteiger partial charge in [-0.05, 0) is 74.5 Å². The third-order valence-corrected chi connectivity index (χ3v) is 6.95. The van der Waals surface area contributed by atoms with E-state index in [4.69, 9.17) is 0 Å². The van der Waals surface area contributed by atoms with Crippen LogP contribution in [0.4, 0.5) is 0 Å². The van der Waals surface area contributed by atoms with Gasteiger partial charge in [-0.1, -0.05) is 12.8 Å². The Morgan fingerprint density at radius 1 is 0.955 bits per heavy atom. The van der Waals surface area contributed by atoms with Crippen LogP contribution >= 0.6 is 0 Å². The van der Waals surface area contributed by atoms with Crippen molar-refractivity contribution in [2.45, 2.75) is 76.2 Å². The fourth-order valence-corrected chi connectivity index (χ4v) is 6.53. The van der Waals surface area contributed by atoms with E-state index in [1.165, 1.54) is 38.5 Å². The number of carboxylic acids is 1. The molecule has 5 aliphatic rings. The molecule has 4 bridgehead atoms. The molecule has 122 valence electrons. The average Bonchev–Trinajstić information content (AvgIpc) is 2.85. The molecule has 0 unspecified atom stereocenters. The van der Waals surface area contributed by atoms with Gasteiger partial charge < -0.3 is 10.4 Å². The van der Waals surface area contributed by atoms with E-state index in [1.807, 2.05) is 0 Å². The summed E-state index contributed by atoms with van der Waals surface area (Å²) in [5.74, 6) is 1.65. The van der Waals surface area contributed by atoms with Crippen molar-refractivity contribution in [3.05, 3.63) is 0 Å². The van der Waals surface area contributed by atoms with Gasteiger partial charge in [0.15, 0.2) is 0 Å². The summed E-state index contributed by atoms with van der Waals surface area (Å²) < 4.78 is 0. The van der Waals surface area contributed by atoms with E-state index in [-0.39, 0.29) is 11.3 Å². The molecule has 5 aliphatic carbocycles. The summed E-state index contributed by atoms with van der Waals surface area (Å²) in [5, 5.41) is 12.5. The third-order valence-electron chi connectivity index (χ3n) is 6.95. The number of carbonyl (C=O) groups is 2. The summed E-state index contributed by atoms with van der Waals surface area (Å²) in [6.45, 7) is 0.